The van der Waals surface area contributed by atoms with Crippen LogP contribution in [0.2, 0.25) is 0 Å². The Morgan fingerprint density at radius 1 is 1.14 bits per heavy atom. The number of hydrogen-bond donors (Lipinski definition) is 1. The maximum atomic E-state index is 12.2. The van der Waals surface area contributed by atoms with Gasteiger partial charge in [-0.05, 0) is 37.1 Å². The van der Waals surface area contributed by atoms with E-state index in [1.165, 1.54) is 11.1 Å². The second kappa shape index (κ2) is 6.03. The van der Waals surface area contributed by atoms with Crippen molar-refractivity contribution >= 4 is 17.3 Å². The van der Waals surface area contributed by atoms with Crippen molar-refractivity contribution in [2.24, 2.45) is 0 Å². The van der Waals surface area contributed by atoms with Gasteiger partial charge in [0.25, 0.3) is 0 Å². The van der Waals surface area contributed by atoms with Crippen LogP contribution in [0.15, 0.2) is 12.1 Å². The summed E-state index contributed by atoms with van der Waals surface area (Å²) in [5, 5.41) is 3.22. The number of fused-ring (bicyclic) bond motifs is 1. The summed E-state index contributed by atoms with van der Waals surface area (Å²) < 4.78 is 5.37. The molecule has 1 aromatic carbocycles. The number of benzene rings is 1. The zero-order chi connectivity index (χ0) is 14.8. The maximum Gasteiger partial charge on any atom is 0.246 e. The summed E-state index contributed by atoms with van der Waals surface area (Å²) in [6.07, 6.45) is 0. The topological polar surface area (TPSA) is 44.8 Å². The van der Waals surface area contributed by atoms with E-state index in [2.05, 4.69) is 36.2 Å². The molecule has 0 bridgehead atoms. The molecule has 1 N–H and O–H groups in total. The van der Waals surface area contributed by atoms with Crippen LogP contribution in [-0.4, -0.2) is 56.7 Å². The first kappa shape index (κ1) is 14.4. The number of morpholine rings is 1. The van der Waals surface area contributed by atoms with Crippen LogP contribution in [0.3, 0.4) is 0 Å². The molecule has 5 nitrogen and oxygen atoms in total. The number of nitrogens with one attached hydrogen (secondary N) is 1. The Labute approximate surface area is 125 Å². The highest BCUT2D eigenvalue weighted by Gasteiger charge is 2.25. The predicted molar refractivity (Wildman–Crippen MR) is 84.0 cm³/mol. The number of amides is 1. The van der Waals surface area contributed by atoms with Crippen LogP contribution in [0.5, 0.6) is 0 Å². The SMILES string of the molecule is Cc1cc2c(cc1C)N(CCN1CCOCC1)C(=O)CN2. The van der Waals surface area contributed by atoms with Gasteiger partial charge in [-0.3, -0.25) is 9.69 Å². The molecule has 1 saturated heterocycles. The first-order chi connectivity index (χ1) is 10.1. The van der Waals surface area contributed by atoms with Crippen LogP contribution >= 0.6 is 0 Å². The molecule has 3 rings (SSSR count). The number of nitrogens with zero attached hydrogens (tertiary/aromatic N) is 2. The van der Waals surface area contributed by atoms with E-state index in [0.29, 0.717) is 6.54 Å². The molecule has 114 valence electrons. The summed E-state index contributed by atoms with van der Waals surface area (Å²) >= 11 is 0. The van der Waals surface area contributed by atoms with Gasteiger partial charge in [0.1, 0.15) is 0 Å². The predicted octanol–water partition coefficient (Wildman–Crippen LogP) is 1.39. The van der Waals surface area contributed by atoms with Crippen LogP contribution in [0.4, 0.5) is 11.4 Å². The lowest BCUT2D eigenvalue weighted by molar-refractivity contribution is -0.117. The number of aryl methyl sites for hydroxylation is 2. The summed E-state index contributed by atoms with van der Waals surface area (Å²) in [7, 11) is 0. The first-order valence-corrected chi connectivity index (χ1v) is 7.61. The Kier molecular flexibility index (Phi) is 4.12. The van der Waals surface area contributed by atoms with Gasteiger partial charge in [-0.2, -0.15) is 0 Å². The highest BCUT2D eigenvalue weighted by atomic mass is 16.5. The van der Waals surface area contributed by atoms with E-state index in [0.717, 1.165) is 50.8 Å². The van der Waals surface area contributed by atoms with Gasteiger partial charge in [0, 0.05) is 26.2 Å². The molecule has 1 aromatic rings. The molecule has 1 amide bonds. The minimum Gasteiger partial charge on any atom is -0.379 e. The van der Waals surface area contributed by atoms with Crippen LogP contribution in [0.25, 0.3) is 0 Å². The van der Waals surface area contributed by atoms with E-state index < -0.39 is 0 Å². The van der Waals surface area contributed by atoms with Crippen molar-refractivity contribution < 1.29 is 9.53 Å². The summed E-state index contributed by atoms with van der Waals surface area (Å²) in [6.45, 7) is 9.74. The molecule has 5 heteroatoms. The third-order valence-electron chi connectivity index (χ3n) is 4.38. The summed E-state index contributed by atoms with van der Waals surface area (Å²) in [4.78, 5) is 16.5. The Bertz CT molecular complexity index is 539. The molecule has 2 heterocycles. The monoisotopic (exact) mass is 289 g/mol. The third kappa shape index (κ3) is 3.04. The maximum absolute atomic E-state index is 12.2. The Balaban J connectivity index is 1.75. The fourth-order valence-corrected chi connectivity index (χ4v) is 2.88. The highest BCUT2D eigenvalue weighted by molar-refractivity contribution is 6.02. The zero-order valence-electron chi connectivity index (χ0n) is 12.8. The molecule has 0 aliphatic carbocycles. The lowest BCUT2D eigenvalue weighted by atomic mass is 10.1. The largest absolute Gasteiger partial charge is 0.379 e. The van der Waals surface area contributed by atoms with Gasteiger partial charge in [-0.1, -0.05) is 0 Å². The molecule has 0 spiro atoms. The summed E-state index contributed by atoms with van der Waals surface area (Å²) in [5.41, 5.74) is 4.56. The molecule has 21 heavy (non-hydrogen) atoms. The third-order valence-corrected chi connectivity index (χ3v) is 4.38. The zero-order valence-corrected chi connectivity index (χ0v) is 12.8. The number of hydrogen-bond acceptors (Lipinski definition) is 4. The lowest BCUT2D eigenvalue weighted by Gasteiger charge is -2.34. The van der Waals surface area contributed by atoms with Crippen molar-refractivity contribution in [2.45, 2.75) is 13.8 Å². The smallest absolute Gasteiger partial charge is 0.246 e. The van der Waals surface area contributed by atoms with Gasteiger partial charge in [0.05, 0.1) is 31.1 Å². The molecule has 0 aromatic heterocycles. The van der Waals surface area contributed by atoms with Gasteiger partial charge in [0.15, 0.2) is 0 Å². The molecule has 0 saturated carbocycles. The molecule has 0 radical (unpaired) electrons. The Hall–Kier alpha value is -1.59. The van der Waals surface area contributed by atoms with Gasteiger partial charge >= 0.3 is 0 Å². The minimum absolute atomic E-state index is 0.152. The minimum atomic E-state index is 0.152. The first-order valence-electron chi connectivity index (χ1n) is 7.61. The lowest BCUT2D eigenvalue weighted by Crippen LogP contribution is -2.46. The van der Waals surface area contributed by atoms with Crippen molar-refractivity contribution in [1.29, 1.82) is 0 Å². The Morgan fingerprint density at radius 3 is 2.62 bits per heavy atom. The average Bonchev–Trinajstić information content (AvgIpc) is 2.49. The summed E-state index contributed by atoms with van der Waals surface area (Å²) in [6, 6.07) is 4.26. The van der Waals surface area contributed by atoms with E-state index in [9.17, 15) is 4.79 Å². The second-order valence-corrected chi connectivity index (χ2v) is 5.81. The highest BCUT2D eigenvalue weighted by Crippen LogP contribution is 2.32. The van der Waals surface area contributed by atoms with E-state index in [1.807, 2.05) is 4.90 Å². The fourth-order valence-electron chi connectivity index (χ4n) is 2.88. The molecule has 2 aliphatic rings. The van der Waals surface area contributed by atoms with E-state index in [4.69, 9.17) is 4.74 Å². The van der Waals surface area contributed by atoms with E-state index in [-0.39, 0.29) is 5.91 Å². The van der Waals surface area contributed by atoms with E-state index >= 15 is 0 Å². The van der Waals surface area contributed by atoms with Crippen molar-refractivity contribution in [1.82, 2.24) is 4.90 Å². The molecular weight excluding hydrogens is 266 g/mol. The molecular formula is C16H23N3O2. The number of anilines is 2. The van der Waals surface area contributed by atoms with Crippen LogP contribution in [0.1, 0.15) is 11.1 Å². The standard InChI is InChI=1S/C16H23N3O2/c1-12-9-14-15(10-13(12)2)19(16(20)11-17-14)4-3-18-5-7-21-8-6-18/h9-10,17H,3-8,11H2,1-2H3. The molecule has 0 atom stereocenters. The van der Waals surface area contributed by atoms with Crippen LogP contribution in [0, 0.1) is 13.8 Å². The Morgan fingerprint density at radius 2 is 1.86 bits per heavy atom. The van der Waals surface area contributed by atoms with E-state index in [1.54, 1.807) is 0 Å². The van der Waals surface area contributed by atoms with Gasteiger partial charge in [0.2, 0.25) is 5.91 Å². The van der Waals surface area contributed by atoms with Crippen LogP contribution < -0.4 is 10.2 Å². The molecule has 0 unspecified atom stereocenters. The van der Waals surface area contributed by atoms with Crippen molar-refractivity contribution in [3.63, 3.8) is 0 Å². The van der Waals surface area contributed by atoms with Crippen LogP contribution in [-0.2, 0) is 9.53 Å². The van der Waals surface area contributed by atoms with Gasteiger partial charge in [-0.15, -0.1) is 0 Å². The quantitative estimate of drug-likeness (QED) is 0.913. The van der Waals surface area contributed by atoms with Gasteiger partial charge < -0.3 is 15.0 Å². The molecule has 1 fully saturated rings. The van der Waals surface area contributed by atoms with Gasteiger partial charge in [-0.25, -0.2) is 0 Å². The fraction of sp³-hybridized carbons (Fsp3) is 0.562. The van der Waals surface area contributed by atoms with Crippen molar-refractivity contribution in [3.8, 4) is 0 Å². The number of rotatable bonds is 3. The summed E-state index contributed by atoms with van der Waals surface area (Å²) in [5.74, 6) is 0.152. The van der Waals surface area contributed by atoms with Crippen molar-refractivity contribution in [3.05, 3.63) is 23.3 Å². The van der Waals surface area contributed by atoms with Crippen molar-refractivity contribution in [2.75, 3.05) is 56.2 Å². The number of carbonyl (C=O) groups is 1. The number of carbonyl (C=O) groups excluding carboxylic acids is 1. The normalized spacial score (nSPS) is 19.3. The average molecular weight is 289 g/mol. The molecule has 2 aliphatic heterocycles. The number of ether oxygens (including phenoxy) is 1. The second-order valence-electron chi connectivity index (χ2n) is 5.81.